The van der Waals surface area contributed by atoms with Gasteiger partial charge in [0.1, 0.15) is 0 Å². The van der Waals surface area contributed by atoms with Gasteiger partial charge in [-0.3, -0.25) is 9.48 Å². The number of nitrogens with zero attached hydrogens (tertiary/aromatic N) is 2. The minimum absolute atomic E-state index is 0.0436. The van der Waals surface area contributed by atoms with Gasteiger partial charge in [-0.1, -0.05) is 0 Å². The summed E-state index contributed by atoms with van der Waals surface area (Å²) in [6.07, 6.45) is -5.50. The number of primary amides is 1. The molecule has 3 N–H and O–H groups in total. The average molecular weight is 262 g/mol. The van der Waals surface area contributed by atoms with Crippen molar-refractivity contribution in [2.75, 3.05) is 6.54 Å². The lowest BCUT2D eigenvalue weighted by atomic mass is 10.1. The zero-order chi connectivity index (χ0) is 13.3. The van der Waals surface area contributed by atoms with Gasteiger partial charge in [0.15, 0.2) is 5.69 Å². The predicted octanol–water partition coefficient (Wildman–Crippen LogP) is 0.580. The molecule has 2 heterocycles. The molecule has 0 bridgehead atoms. The van der Waals surface area contributed by atoms with Crippen molar-refractivity contribution in [1.82, 2.24) is 15.1 Å². The molecular weight excluding hydrogens is 249 g/mol. The Morgan fingerprint density at radius 1 is 1.50 bits per heavy atom. The van der Waals surface area contributed by atoms with Crippen molar-refractivity contribution in [1.29, 1.82) is 0 Å². The monoisotopic (exact) mass is 262 g/mol. The third kappa shape index (κ3) is 2.63. The van der Waals surface area contributed by atoms with Crippen LogP contribution in [-0.4, -0.2) is 28.4 Å². The van der Waals surface area contributed by atoms with Crippen LogP contribution < -0.4 is 11.1 Å². The van der Waals surface area contributed by atoms with Gasteiger partial charge in [-0.2, -0.15) is 18.3 Å². The SMILES string of the molecule is NC(=O)c1nn2c(c1CCC(F)(F)F)CNCC2. The van der Waals surface area contributed by atoms with E-state index in [4.69, 9.17) is 5.73 Å². The molecule has 1 aliphatic rings. The molecule has 0 fully saturated rings. The van der Waals surface area contributed by atoms with Gasteiger partial charge in [0, 0.05) is 25.1 Å². The molecule has 0 spiro atoms. The summed E-state index contributed by atoms with van der Waals surface area (Å²) in [5, 5.41) is 7.02. The maximum absolute atomic E-state index is 12.3. The van der Waals surface area contributed by atoms with Gasteiger partial charge < -0.3 is 11.1 Å². The largest absolute Gasteiger partial charge is 0.389 e. The van der Waals surface area contributed by atoms with Gasteiger partial charge in [-0.25, -0.2) is 0 Å². The van der Waals surface area contributed by atoms with Crippen molar-refractivity contribution in [3.05, 3.63) is 17.0 Å². The highest BCUT2D eigenvalue weighted by Gasteiger charge is 2.30. The van der Waals surface area contributed by atoms with Crippen molar-refractivity contribution in [2.24, 2.45) is 5.73 Å². The Bertz CT molecular complexity index is 466. The van der Waals surface area contributed by atoms with Crippen LogP contribution in [0.3, 0.4) is 0 Å². The lowest BCUT2D eigenvalue weighted by molar-refractivity contribution is -0.134. The molecule has 0 saturated heterocycles. The zero-order valence-electron chi connectivity index (χ0n) is 9.55. The first kappa shape index (κ1) is 12.9. The normalized spacial score (nSPS) is 15.5. The topological polar surface area (TPSA) is 72.9 Å². The van der Waals surface area contributed by atoms with E-state index in [0.29, 0.717) is 30.9 Å². The van der Waals surface area contributed by atoms with Crippen LogP contribution in [0.1, 0.15) is 28.2 Å². The van der Waals surface area contributed by atoms with Crippen molar-refractivity contribution < 1.29 is 18.0 Å². The number of halogens is 3. The number of rotatable bonds is 3. The van der Waals surface area contributed by atoms with E-state index in [1.54, 1.807) is 4.68 Å². The lowest BCUT2D eigenvalue weighted by Crippen LogP contribution is -2.29. The smallest absolute Gasteiger partial charge is 0.364 e. The summed E-state index contributed by atoms with van der Waals surface area (Å²) < 4.78 is 38.3. The van der Waals surface area contributed by atoms with E-state index in [-0.39, 0.29) is 12.1 Å². The molecule has 0 radical (unpaired) electrons. The molecule has 0 unspecified atom stereocenters. The van der Waals surface area contributed by atoms with Crippen LogP contribution in [0, 0.1) is 0 Å². The van der Waals surface area contributed by atoms with Crippen LogP contribution in [0.25, 0.3) is 0 Å². The summed E-state index contributed by atoms with van der Waals surface area (Å²) in [7, 11) is 0. The van der Waals surface area contributed by atoms with E-state index in [9.17, 15) is 18.0 Å². The number of nitrogens with two attached hydrogens (primary N) is 1. The molecule has 1 amide bonds. The summed E-state index contributed by atoms with van der Waals surface area (Å²) in [6.45, 7) is 1.61. The maximum atomic E-state index is 12.3. The molecule has 2 rings (SSSR count). The molecule has 0 atom stereocenters. The number of fused-ring (bicyclic) bond motifs is 1. The number of alkyl halides is 3. The molecule has 0 aromatic carbocycles. The Morgan fingerprint density at radius 3 is 2.83 bits per heavy atom. The first-order valence-electron chi connectivity index (χ1n) is 5.54. The van der Waals surface area contributed by atoms with E-state index in [1.165, 1.54) is 0 Å². The maximum Gasteiger partial charge on any atom is 0.389 e. The van der Waals surface area contributed by atoms with E-state index in [1.807, 2.05) is 0 Å². The standard InChI is InChI=1S/C10H13F3N4O/c11-10(12,13)2-1-6-7-5-15-3-4-17(7)16-8(6)9(14)18/h15H,1-5H2,(H2,14,18). The Kier molecular flexibility index (Phi) is 3.29. The molecule has 1 aliphatic heterocycles. The van der Waals surface area contributed by atoms with Crippen LogP contribution in [0.5, 0.6) is 0 Å². The molecule has 0 aliphatic carbocycles. The molecule has 5 nitrogen and oxygen atoms in total. The molecule has 1 aromatic rings. The van der Waals surface area contributed by atoms with Gasteiger partial charge in [0.25, 0.3) is 5.91 Å². The summed E-state index contributed by atoms with van der Waals surface area (Å²) in [6, 6.07) is 0. The molecule has 100 valence electrons. The highest BCUT2D eigenvalue weighted by atomic mass is 19.4. The second kappa shape index (κ2) is 4.60. The lowest BCUT2D eigenvalue weighted by Gasteiger charge is -2.16. The molecule has 1 aromatic heterocycles. The molecule has 8 heteroatoms. The first-order valence-corrected chi connectivity index (χ1v) is 5.54. The number of hydrogen-bond donors (Lipinski definition) is 2. The van der Waals surface area contributed by atoms with E-state index in [2.05, 4.69) is 10.4 Å². The highest BCUT2D eigenvalue weighted by molar-refractivity contribution is 5.92. The van der Waals surface area contributed by atoms with Gasteiger partial charge in [0.2, 0.25) is 0 Å². The highest BCUT2D eigenvalue weighted by Crippen LogP contribution is 2.25. The van der Waals surface area contributed by atoms with Gasteiger partial charge in [0.05, 0.1) is 12.2 Å². The van der Waals surface area contributed by atoms with Crippen LogP contribution in [0.2, 0.25) is 0 Å². The average Bonchev–Trinajstić information content (AvgIpc) is 2.64. The van der Waals surface area contributed by atoms with Gasteiger partial charge >= 0.3 is 6.18 Å². The minimum atomic E-state index is -4.26. The van der Waals surface area contributed by atoms with Crippen LogP contribution >= 0.6 is 0 Å². The zero-order valence-corrected chi connectivity index (χ0v) is 9.55. The van der Waals surface area contributed by atoms with E-state index >= 15 is 0 Å². The van der Waals surface area contributed by atoms with E-state index in [0.717, 1.165) is 0 Å². The van der Waals surface area contributed by atoms with Crippen molar-refractivity contribution in [3.8, 4) is 0 Å². The molecular formula is C10H13F3N4O. The number of nitrogens with one attached hydrogen (secondary N) is 1. The third-order valence-corrected chi connectivity index (χ3v) is 2.85. The number of carbonyl (C=O) groups is 1. The fraction of sp³-hybridized carbons (Fsp3) is 0.600. The molecule has 18 heavy (non-hydrogen) atoms. The van der Waals surface area contributed by atoms with Crippen LogP contribution in [0.4, 0.5) is 13.2 Å². The van der Waals surface area contributed by atoms with Crippen LogP contribution in [0.15, 0.2) is 0 Å². The fourth-order valence-corrected chi connectivity index (χ4v) is 2.04. The van der Waals surface area contributed by atoms with Gasteiger partial charge in [-0.05, 0) is 6.42 Å². The van der Waals surface area contributed by atoms with Crippen molar-refractivity contribution >= 4 is 5.91 Å². The quantitative estimate of drug-likeness (QED) is 0.837. The summed E-state index contributed by atoms with van der Waals surface area (Å²) in [5.74, 6) is -0.783. The Balaban J connectivity index is 2.31. The van der Waals surface area contributed by atoms with Crippen molar-refractivity contribution in [2.45, 2.75) is 32.1 Å². The van der Waals surface area contributed by atoms with E-state index < -0.39 is 18.5 Å². The minimum Gasteiger partial charge on any atom is -0.364 e. The second-order valence-electron chi connectivity index (χ2n) is 4.15. The Labute approximate surface area is 101 Å². The summed E-state index contributed by atoms with van der Waals surface area (Å²) in [4.78, 5) is 11.2. The van der Waals surface area contributed by atoms with Crippen LogP contribution in [-0.2, 0) is 19.5 Å². The Morgan fingerprint density at radius 2 is 2.22 bits per heavy atom. The Hall–Kier alpha value is -1.57. The number of hydrogen-bond acceptors (Lipinski definition) is 3. The second-order valence-corrected chi connectivity index (χ2v) is 4.15. The first-order chi connectivity index (χ1) is 8.38. The number of amides is 1. The predicted molar refractivity (Wildman–Crippen MR) is 56.8 cm³/mol. The number of aromatic nitrogens is 2. The van der Waals surface area contributed by atoms with Gasteiger partial charge in [-0.15, -0.1) is 0 Å². The summed E-state index contributed by atoms with van der Waals surface area (Å²) in [5.41, 5.74) is 6.04. The third-order valence-electron chi connectivity index (χ3n) is 2.85. The molecule has 0 saturated carbocycles. The fourth-order valence-electron chi connectivity index (χ4n) is 2.04. The number of carbonyl (C=O) groups excluding carboxylic acids is 1. The summed E-state index contributed by atoms with van der Waals surface area (Å²) >= 11 is 0. The van der Waals surface area contributed by atoms with Crippen molar-refractivity contribution in [3.63, 3.8) is 0 Å².